The highest BCUT2D eigenvalue weighted by molar-refractivity contribution is 7.80. The smallest absolute Gasteiger partial charge is 0.255 e. The van der Waals surface area contributed by atoms with Crippen LogP contribution in [0.2, 0.25) is 0 Å². The predicted molar refractivity (Wildman–Crippen MR) is 146 cm³/mol. The fourth-order valence-electron chi connectivity index (χ4n) is 3.99. The summed E-state index contributed by atoms with van der Waals surface area (Å²) >= 11 is 3.79. The molecule has 0 saturated heterocycles. The second-order valence-corrected chi connectivity index (χ2v) is 8.03. The molecule has 0 saturated carbocycles. The number of benzene rings is 2. The highest BCUT2D eigenvalue weighted by atomic mass is 32.1. The van der Waals surface area contributed by atoms with Gasteiger partial charge in [0.1, 0.15) is 5.75 Å². The number of aromatic nitrogens is 2. The first-order chi connectivity index (χ1) is 16.6. The number of hydrogen-bond donors (Lipinski definition) is 3. The summed E-state index contributed by atoms with van der Waals surface area (Å²) in [6.07, 6.45) is 4.65. The largest absolute Gasteiger partial charge is 0.496 e. The number of carbonyl (C=O) groups is 1. The number of H-pyrrole nitrogens is 1. The third kappa shape index (κ3) is 7.66. The molecular formula is C28H41N3O2S. The summed E-state index contributed by atoms with van der Waals surface area (Å²) in [5.41, 5.74) is 4.10. The quantitative estimate of drug-likeness (QED) is 0.375. The molecule has 1 aromatic heterocycles. The molecule has 186 valence electrons. The van der Waals surface area contributed by atoms with Gasteiger partial charge in [-0.2, -0.15) is 17.7 Å². The Balaban J connectivity index is 0.000000750. The van der Waals surface area contributed by atoms with Gasteiger partial charge >= 0.3 is 0 Å². The Hall–Kier alpha value is -2.73. The van der Waals surface area contributed by atoms with Crippen LogP contribution in [0.15, 0.2) is 60.8 Å². The lowest BCUT2D eigenvalue weighted by atomic mass is 9.69. The van der Waals surface area contributed by atoms with Crippen molar-refractivity contribution < 1.29 is 9.53 Å². The molecule has 0 fully saturated rings. The SMILES string of the molecule is CC.CC.CCS.COc1ccccc1C(=O)NCC1(c2ccccc2)CCc2[nH]ncc2C1. The topological polar surface area (TPSA) is 67.0 Å². The van der Waals surface area contributed by atoms with Crippen molar-refractivity contribution >= 4 is 18.5 Å². The summed E-state index contributed by atoms with van der Waals surface area (Å²) in [5, 5.41) is 10.5. The third-order valence-electron chi connectivity index (χ3n) is 5.52. The molecule has 6 heteroatoms. The van der Waals surface area contributed by atoms with E-state index in [4.69, 9.17) is 4.74 Å². The van der Waals surface area contributed by atoms with E-state index in [1.165, 1.54) is 16.8 Å². The van der Waals surface area contributed by atoms with Gasteiger partial charge in [0.2, 0.25) is 0 Å². The van der Waals surface area contributed by atoms with Crippen molar-refractivity contribution in [1.29, 1.82) is 0 Å². The van der Waals surface area contributed by atoms with Crippen LogP contribution < -0.4 is 10.1 Å². The van der Waals surface area contributed by atoms with Crippen molar-refractivity contribution in [1.82, 2.24) is 15.5 Å². The van der Waals surface area contributed by atoms with Crippen molar-refractivity contribution in [2.24, 2.45) is 0 Å². The van der Waals surface area contributed by atoms with E-state index in [2.05, 4.69) is 52.4 Å². The van der Waals surface area contributed by atoms with E-state index >= 15 is 0 Å². The number of carbonyl (C=O) groups excluding carboxylic acids is 1. The minimum atomic E-state index is -0.143. The van der Waals surface area contributed by atoms with Gasteiger partial charge in [-0.05, 0) is 48.3 Å². The number of hydrogen-bond acceptors (Lipinski definition) is 4. The molecule has 34 heavy (non-hydrogen) atoms. The van der Waals surface area contributed by atoms with Gasteiger partial charge in [0.15, 0.2) is 0 Å². The molecule has 2 aromatic carbocycles. The minimum Gasteiger partial charge on any atom is -0.496 e. The molecule has 1 aliphatic carbocycles. The molecule has 0 aliphatic heterocycles. The first-order valence-electron chi connectivity index (χ1n) is 12.2. The van der Waals surface area contributed by atoms with Gasteiger partial charge in [-0.25, -0.2) is 0 Å². The maximum Gasteiger partial charge on any atom is 0.255 e. The number of aromatic amines is 1. The Labute approximate surface area is 211 Å². The standard InChI is InChI=1S/C22H23N3O2.C2H6S.2C2H6/c1-27-20-10-6-5-9-18(20)21(26)23-15-22(17-7-3-2-4-8-17)12-11-19-16(13-22)14-24-25-19;1-2-3;2*1-2/h2-10,14H,11-13,15H2,1H3,(H,23,26)(H,24,25);3H,2H2,1H3;2*1-2H3. The average molecular weight is 484 g/mol. The van der Waals surface area contributed by atoms with E-state index in [-0.39, 0.29) is 11.3 Å². The highest BCUT2D eigenvalue weighted by Gasteiger charge is 2.37. The number of ether oxygens (including phenoxy) is 1. The normalized spacial score (nSPS) is 15.6. The van der Waals surface area contributed by atoms with Crippen molar-refractivity contribution in [2.45, 2.75) is 59.3 Å². The summed E-state index contributed by atoms with van der Waals surface area (Å²) in [5.74, 6) is 1.42. The Kier molecular flexibility index (Phi) is 13.8. The number of rotatable bonds is 5. The van der Waals surface area contributed by atoms with Crippen LogP contribution in [-0.2, 0) is 18.3 Å². The van der Waals surface area contributed by atoms with Gasteiger partial charge in [0.05, 0.1) is 18.9 Å². The zero-order valence-electron chi connectivity index (χ0n) is 21.5. The lowest BCUT2D eigenvalue weighted by molar-refractivity contribution is 0.0937. The van der Waals surface area contributed by atoms with Crippen LogP contribution in [0, 0.1) is 0 Å². The summed E-state index contributed by atoms with van der Waals surface area (Å²) in [4.78, 5) is 12.8. The zero-order valence-corrected chi connectivity index (χ0v) is 22.4. The van der Waals surface area contributed by atoms with Crippen molar-refractivity contribution in [2.75, 3.05) is 19.4 Å². The van der Waals surface area contributed by atoms with Gasteiger partial charge < -0.3 is 10.1 Å². The number of para-hydroxylation sites is 1. The second kappa shape index (κ2) is 16.0. The molecule has 1 atom stereocenters. The van der Waals surface area contributed by atoms with E-state index < -0.39 is 0 Å². The second-order valence-electron chi connectivity index (χ2n) is 7.40. The zero-order chi connectivity index (χ0) is 25.4. The molecular weight excluding hydrogens is 442 g/mol. The maximum absolute atomic E-state index is 12.8. The summed E-state index contributed by atoms with van der Waals surface area (Å²) < 4.78 is 5.33. The van der Waals surface area contributed by atoms with Crippen molar-refractivity contribution in [3.8, 4) is 5.75 Å². The summed E-state index contributed by atoms with van der Waals surface area (Å²) in [7, 11) is 1.58. The number of fused-ring (bicyclic) bond motifs is 1. The molecule has 0 bridgehead atoms. The first kappa shape index (κ1) is 29.3. The summed E-state index contributed by atoms with van der Waals surface area (Å²) in [6.45, 7) is 10.6. The Morgan fingerprint density at radius 2 is 1.71 bits per heavy atom. The number of aryl methyl sites for hydroxylation is 1. The molecule has 1 unspecified atom stereocenters. The lowest BCUT2D eigenvalue weighted by Crippen LogP contribution is -2.44. The molecule has 1 amide bonds. The van der Waals surface area contributed by atoms with Crippen molar-refractivity contribution in [3.05, 3.63) is 83.2 Å². The number of nitrogens with one attached hydrogen (secondary N) is 2. The highest BCUT2D eigenvalue weighted by Crippen LogP contribution is 2.37. The fourth-order valence-corrected chi connectivity index (χ4v) is 3.99. The molecule has 0 spiro atoms. The average Bonchev–Trinajstić information content (AvgIpc) is 3.38. The van der Waals surface area contributed by atoms with E-state index in [9.17, 15) is 4.79 Å². The first-order valence-corrected chi connectivity index (χ1v) is 12.9. The number of thiol groups is 1. The lowest BCUT2D eigenvalue weighted by Gasteiger charge is -2.37. The van der Waals surface area contributed by atoms with Gasteiger partial charge in [0, 0.05) is 17.7 Å². The molecule has 4 rings (SSSR count). The van der Waals surface area contributed by atoms with Crippen LogP contribution in [0.5, 0.6) is 5.75 Å². The van der Waals surface area contributed by atoms with Crippen molar-refractivity contribution in [3.63, 3.8) is 0 Å². The minimum absolute atomic E-state index is 0.110. The van der Waals surface area contributed by atoms with Gasteiger partial charge in [-0.15, -0.1) is 0 Å². The van der Waals surface area contributed by atoms with Gasteiger partial charge in [-0.1, -0.05) is 77.1 Å². The molecule has 1 heterocycles. The number of methoxy groups -OCH3 is 1. The third-order valence-corrected chi connectivity index (χ3v) is 5.52. The van der Waals surface area contributed by atoms with Gasteiger partial charge in [0.25, 0.3) is 5.91 Å². The maximum atomic E-state index is 12.8. The van der Waals surface area contributed by atoms with Crippen LogP contribution in [0.3, 0.4) is 0 Å². The Morgan fingerprint density at radius 1 is 1.09 bits per heavy atom. The molecule has 3 aromatic rings. The van der Waals surface area contributed by atoms with Crippen LogP contribution in [0.1, 0.15) is 68.2 Å². The van der Waals surface area contributed by atoms with Gasteiger partial charge in [-0.3, -0.25) is 9.89 Å². The van der Waals surface area contributed by atoms with Crippen LogP contribution in [0.25, 0.3) is 0 Å². The van der Waals surface area contributed by atoms with Crippen LogP contribution in [0.4, 0.5) is 0 Å². The Morgan fingerprint density at radius 3 is 2.35 bits per heavy atom. The molecule has 0 radical (unpaired) electrons. The van der Waals surface area contributed by atoms with Crippen LogP contribution in [-0.4, -0.2) is 35.5 Å². The predicted octanol–water partition coefficient (Wildman–Crippen LogP) is 6.26. The fraction of sp³-hybridized carbons (Fsp3) is 0.429. The van der Waals surface area contributed by atoms with Crippen LogP contribution >= 0.6 is 12.6 Å². The van der Waals surface area contributed by atoms with E-state index in [1.807, 2.05) is 59.0 Å². The van der Waals surface area contributed by atoms with E-state index in [0.717, 1.165) is 25.0 Å². The number of amides is 1. The van der Waals surface area contributed by atoms with E-state index in [1.54, 1.807) is 19.2 Å². The van der Waals surface area contributed by atoms with E-state index in [0.29, 0.717) is 17.9 Å². The molecule has 2 N–H and O–H groups in total. The molecule has 5 nitrogen and oxygen atoms in total. The number of nitrogens with zero attached hydrogens (tertiary/aromatic N) is 1. The summed E-state index contributed by atoms with van der Waals surface area (Å²) in [6, 6.07) is 17.8. The molecule has 1 aliphatic rings. The monoisotopic (exact) mass is 483 g/mol. The Bertz CT molecular complexity index is 959.